The van der Waals surface area contributed by atoms with Crippen LogP contribution < -0.4 is 35.7 Å². The van der Waals surface area contributed by atoms with Crippen molar-refractivity contribution in [1.29, 1.82) is 0 Å². The van der Waals surface area contributed by atoms with Gasteiger partial charge in [-0.2, -0.15) is 8.42 Å². The van der Waals surface area contributed by atoms with Gasteiger partial charge in [0.25, 0.3) is 0 Å². The van der Waals surface area contributed by atoms with E-state index in [0.29, 0.717) is 0 Å². The summed E-state index contributed by atoms with van der Waals surface area (Å²) in [7, 11) is -10.2. The second kappa shape index (κ2) is 5.60. The molecule has 66 valence electrons. The van der Waals surface area contributed by atoms with Crippen LogP contribution in [0.5, 0.6) is 0 Å². The Kier molecular flexibility index (Phi) is 9.11. The molecule has 0 radical (unpaired) electrons. The second-order valence-corrected chi connectivity index (χ2v) is 3.43. The van der Waals surface area contributed by atoms with Crippen LogP contribution >= 0.6 is 7.82 Å². The van der Waals surface area contributed by atoms with Crippen molar-refractivity contribution in [1.82, 2.24) is 6.15 Å². The Morgan fingerprint density at radius 3 is 1.64 bits per heavy atom. The van der Waals surface area contributed by atoms with Crippen LogP contribution in [0.3, 0.4) is 0 Å². The molecule has 0 aromatic carbocycles. The maximum absolute atomic E-state index is 9.58. The normalized spacial score (nSPS) is 11.2. The molecule has 8 nitrogen and oxygen atoms in total. The fourth-order valence-electron chi connectivity index (χ4n) is 0.123. The van der Waals surface area contributed by atoms with Crippen LogP contribution in [0.4, 0.5) is 0 Å². The summed E-state index contributed by atoms with van der Waals surface area (Å²) in [5, 5.41) is 0. The van der Waals surface area contributed by atoms with Crippen molar-refractivity contribution in [3.63, 3.8) is 0 Å². The van der Waals surface area contributed by atoms with Crippen molar-refractivity contribution in [2.45, 2.75) is 0 Å². The van der Waals surface area contributed by atoms with E-state index < -0.39 is 18.2 Å². The minimum Gasteiger partial charge on any atom is -1.00 e. The Morgan fingerprint density at radius 1 is 1.36 bits per heavy atom. The fraction of sp³-hybridized carbons (Fsp3) is 0. The molecule has 0 spiro atoms. The number of hydrogen-bond acceptors (Lipinski definition) is 5. The molecule has 0 rings (SSSR count). The number of hydrogen-bond donors (Lipinski definition) is 4. The van der Waals surface area contributed by atoms with E-state index in [2.05, 4.69) is 3.97 Å². The predicted molar refractivity (Wildman–Crippen MR) is 30.8 cm³/mol. The first-order valence-corrected chi connectivity index (χ1v) is 4.34. The van der Waals surface area contributed by atoms with Crippen molar-refractivity contribution >= 4 is 18.2 Å². The van der Waals surface area contributed by atoms with Gasteiger partial charge in [0.05, 0.1) is 0 Å². The van der Waals surface area contributed by atoms with Gasteiger partial charge in [0.15, 0.2) is 0 Å². The molecule has 0 saturated carbocycles. The van der Waals surface area contributed by atoms with Gasteiger partial charge >= 0.3 is 47.8 Å². The van der Waals surface area contributed by atoms with Gasteiger partial charge < -0.3 is 17.4 Å². The molecule has 0 bridgehead atoms. The Hall–Kier alpha value is 0.980. The molecule has 0 saturated heterocycles. The fourth-order valence-corrected chi connectivity index (χ4v) is 1.10. The van der Waals surface area contributed by atoms with Gasteiger partial charge in [0.1, 0.15) is 0 Å². The second-order valence-electron chi connectivity index (χ2n) is 0.993. The minimum atomic E-state index is -5.13. The average molecular weight is 219 g/mol. The third-order valence-corrected chi connectivity index (χ3v) is 1.72. The molecule has 0 atom stereocenters. The smallest absolute Gasteiger partial charge is 1.00 e. The molecule has 0 aliphatic heterocycles. The Balaban J connectivity index is -0.000000107. The summed E-state index contributed by atoms with van der Waals surface area (Å²) in [5.74, 6) is 0. The maximum Gasteiger partial charge on any atom is 1.00 e. The minimum absolute atomic E-state index is 0. The SMILES string of the molecule is N.O=P(O)(O)OS(=O)(=O)O.[H-].[Na+]. The van der Waals surface area contributed by atoms with E-state index in [-0.39, 0.29) is 37.1 Å². The molecule has 0 heterocycles. The van der Waals surface area contributed by atoms with E-state index in [0.717, 1.165) is 0 Å². The Labute approximate surface area is 86.5 Å². The number of phosphoric acid groups is 1. The predicted octanol–water partition coefficient (Wildman–Crippen LogP) is -3.82. The largest absolute Gasteiger partial charge is 1.00 e. The molecule has 0 unspecified atom stereocenters. The third-order valence-electron chi connectivity index (χ3n) is 0.191. The van der Waals surface area contributed by atoms with Gasteiger partial charge in [-0.3, -0.25) is 4.55 Å². The van der Waals surface area contributed by atoms with Crippen molar-refractivity contribution < 1.29 is 62.3 Å². The molecule has 0 fully saturated rings. The summed E-state index contributed by atoms with van der Waals surface area (Å²) in [5.41, 5.74) is 0. The topological polar surface area (TPSA) is 156 Å². The van der Waals surface area contributed by atoms with Crippen LogP contribution in [0.25, 0.3) is 0 Å². The summed E-state index contributed by atoms with van der Waals surface area (Å²) in [6.45, 7) is 0. The molecule has 0 amide bonds. The molecule has 11 heavy (non-hydrogen) atoms. The van der Waals surface area contributed by atoms with Crippen molar-refractivity contribution in [3.05, 3.63) is 0 Å². The van der Waals surface area contributed by atoms with E-state index in [1.54, 1.807) is 0 Å². The summed E-state index contributed by atoms with van der Waals surface area (Å²) >= 11 is 0. The Bertz CT molecular complexity index is 230. The zero-order chi connectivity index (χ0) is 7.71. The van der Waals surface area contributed by atoms with Gasteiger partial charge in [0, 0.05) is 0 Å². The summed E-state index contributed by atoms with van der Waals surface area (Å²) in [4.78, 5) is 15.4. The molecule has 6 N–H and O–H groups in total. The van der Waals surface area contributed by atoms with Crippen molar-refractivity contribution in [3.8, 4) is 0 Å². The van der Waals surface area contributed by atoms with Gasteiger partial charge in [0.2, 0.25) is 0 Å². The van der Waals surface area contributed by atoms with Crippen LogP contribution in [-0.2, 0) is 18.9 Å². The maximum atomic E-state index is 9.58. The van der Waals surface area contributed by atoms with E-state index in [4.69, 9.17) is 14.3 Å². The average Bonchev–Trinajstić information content (AvgIpc) is 1.14. The van der Waals surface area contributed by atoms with Gasteiger partial charge in [-0.25, -0.2) is 4.57 Å². The van der Waals surface area contributed by atoms with Crippen molar-refractivity contribution in [2.75, 3.05) is 0 Å². The van der Waals surface area contributed by atoms with E-state index >= 15 is 0 Å². The first-order chi connectivity index (χ1) is 3.71. The van der Waals surface area contributed by atoms with Gasteiger partial charge in [-0.15, -0.1) is 3.97 Å². The zero-order valence-electron chi connectivity index (χ0n) is 6.54. The van der Waals surface area contributed by atoms with Crippen LogP contribution in [0.1, 0.15) is 1.43 Å². The first kappa shape index (κ1) is 17.9. The quantitative estimate of drug-likeness (QED) is 0.209. The van der Waals surface area contributed by atoms with Crippen LogP contribution in [0.15, 0.2) is 0 Å². The number of rotatable bonds is 2. The Morgan fingerprint density at radius 2 is 1.64 bits per heavy atom. The third kappa shape index (κ3) is 18.2. The molecular weight excluding hydrogens is 212 g/mol. The molecular formula is H7NNaO7PS. The zero-order valence-corrected chi connectivity index (χ0v) is 9.25. The summed E-state index contributed by atoms with van der Waals surface area (Å²) in [6, 6.07) is 0. The summed E-state index contributed by atoms with van der Waals surface area (Å²) < 4.78 is 39.0. The molecule has 0 aromatic heterocycles. The summed E-state index contributed by atoms with van der Waals surface area (Å²) in [6.07, 6.45) is 0. The van der Waals surface area contributed by atoms with Crippen LogP contribution in [0.2, 0.25) is 0 Å². The molecule has 0 aliphatic rings. The van der Waals surface area contributed by atoms with Gasteiger partial charge in [-0.1, -0.05) is 0 Å². The molecule has 11 heteroatoms. The molecule has 0 aromatic rings. The van der Waals surface area contributed by atoms with Crippen LogP contribution in [0, 0.1) is 0 Å². The van der Waals surface area contributed by atoms with E-state index in [1.807, 2.05) is 0 Å². The standard InChI is InChI=1S/H3N.Na.H3O7PS.H/c;;1-8(2,3)7-9(4,5)6;/h1H3;;(H2,1,2,3)(H,4,5,6);/q;+1;;-1. The first-order valence-electron chi connectivity index (χ1n) is 1.45. The molecule has 0 aliphatic carbocycles. The monoisotopic (exact) mass is 219 g/mol. The van der Waals surface area contributed by atoms with E-state index in [1.165, 1.54) is 0 Å². The van der Waals surface area contributed by atoms with Crippen molar-refractivity contribution in [2.24, 2.45) is 0 Å². The van der Waals surface area contributed by atoms with Crippen LogP contribution in [-0.4, -0.2) is 22.8 Å². The van der Waals surface area contributed by atoms with Gasteiger partial charge in [-0.05, 0) is 0 Å². The van der Waals surface area contributed by atoms with E-state index in [9.17, 15) is 13.0 Å².